The molecule has 2 heterocycles. The third-order valence-electron chi connectivity index (χ3n) is 5.60. The third kappa shape index (κ3) is 5.51. The maximum Gasteiger partial charge on any atom is 0.326 e. The predicted molar refractivity (Wildman–Crippen MR) is 130 cm³/mol. The molecule has 32 heavy (non-hydrogen) atoms. The average molecular weight is 476 g/mol. The zero-order valence-electron chi connectivity index (χ0n) is 18.9. The average Bonchev–Trinajstić information content (AvgIpc) is 3.31. The molecule has 1 aromatic carbocycles. The van der Waals surface area contributed by atoms with Crippen molar-refractivity contribution in [2.75, 3.05) is 0 Å². The number of imidazole rings is 1. The molecular formula is C24H30ClN3O3S. The van der Waals surface area contributed by atoms with E-state index in [9.17, 15) is 14.7 Å². The topological polar surface area (TPSA) is 84.2 Å². The maximum absolute atomic E-state index is 12.8. The van der Waals surface area contributed by atoms with Crippen molar-refractivity contribution in [2.45, 2.75) is 65.5 Å². The second kappa shape index (κ2) is 10.5. The van der Waals surface area contributed by atoms with Crippen LogP contribution in [0.25, 0.3) is 11.0 Å². The molecule has 2 N–H and O–H groups in total. The number of fused-ring (bicyclic) bond motifs is 1. The Morgan fingerprint density at radius 2 is 1.91 bits per heavy atom. The van der Waals surface area contributed by atoms with Gasteiger partial charge in [-0.1, -0.05) is 39.3 Å². The molecule has 1 atom stereocenters. The number of hydrogen-bond donors (Lipinski definition) is 2. The molecule has 6 nitrogen and oxygen atoms in total. The number of carbonyl (C=O) groups is 2. The number of carboxylic acid groups (broad SMARTS) is 1. The normalized spacial score (nSPS) is 12.6. The number of nitrogens with one attached hydrogen (secondary N) is 1. The standard InChI is InChI=1S/C24H30ClN3O3S/c1-5-16(6-2)28-20-9-7-15(23(29)27-19(24(30)31)11-14(3)4)12-18(20)26-22(28)13-17-8-10-21(25)32-17/h7-10,12,14,16,19H,5-6,11,13H2,1-4H3,(H,27,29)(H,30,31). The van der Waals surface area contributed by atoms with Crippen LogP contribution in [0.1, 0.15) is 74.1 Å². The van der Waals surface area contributed by atoms with Gasteiger partial charge >= 0.3 is 5.97 Å². The minimum absolute atomic E-state index is 0.155. The van der Waals surface area contributed by atoms with Crippen LogP contribution in [0.15, 0.2) is 30.3 Å². The summed E-state index contributed by atoms with van der Waals surface area (Å²) in [5.41, 5.74) is 2.12. The molecule has 1 amide bonds. The second-order valence-corrected chi connectivity index (χ2v) is 10.2. The molecule has 1 unspecified atom stereocenters. The van der Waals surface area contributed by atoms with Crippen LogP contribution in [0.3, 0.4) is 0 Å². The fourth-order valence-electron chi connectivity index (χ4n) is 4.01. The van der Waals surface area contributed by atoms with Gasteiger partial charge in [0.25, 0.3) is 5.91 Å². The number of carboxylic acids is 1. The third-order valence-corrected chi connectivity index (χ3v) is 6.84. The highest BCUT2D eigenvalue weighted by Crippen LogP contribution is 2.30. The highest BCUT2D eigenvalue weighted by molar-refractivity contribution is 7.16. The Kier molecular flexibility index (Phi) is 7.96. The summed E-state index contributed by atoms with van der Waals surface area (Å²) in [6.45, 7) is 8.19. The van der Waals surface area contributed by atoms with Crippen molar-refractivity contribution < 1.29 is 14.7 Å². The largest absolute Gasteiger partial charge is 0.480 e. The summed E-state index contributed by atoms with van der Waals surface area (Å²) in [6, 6.07) is 8.71. The Morgan fingerprint density at radius 1 is 1.19 bits per heavy atom. The quantitative estimate of drug-likeness (QED) is 0.380. The van der Waals surface area contributed by atoms with E-state index in [-0.39, 0.29) is 5.92 Å². The SMILES string of the molecule is CCC(CC)n1c(Cc2ccc(Cl)s2)nc2cc(C(=O)NC(CC(C)C)C(=O)O)ccc21. The molecule has 3 rings (SSSR count). The molecule has 0 aliphatic carbocycles. The van der Waals surface area contributed by atoms with Gasteiger partial charge < -0.3 is 15.0 Å². The van der Waals surface area contributed by atoms with Crippen molar-refractivity contribution in [1.82, 2.24) is 14.9 Å². The number of thiophene rings is 1. The summed E-state index contributed by atoms with van der Waals surface area (Å²) in [5.74, 6) is -0.331. The lowest BCUT2D eigenvalue weighted by Crippen LogP contribution is -2.41. The summed E-state index contributed by atoms with van der Waals surface area (Å²) in [4.78, 5) is 30.3. The number of benzene rings is 1. The van der Waals surface area contributed by atoms with Gasteiger partial charge in [0.05, 0.1) is 15.4 Å². The van der Waals surface area contributed by atoms with E-state index in [1.807, 2.05) is 32.0 Å². The summed E-state index contributed by atoms with van der Waals surface area (Å²) in [7, 11) is 0. The van der Waals surface area contributed by atoms with E-state index in [0.717, 1.165) is 38.9 Å². The van der Waals surface area contributed by atoms with Gasteiger partial charge in [0.2, 0.25) is 0 Å². The van der Waals surface area contributed by atoms with Gasteiger partial charge in [-0.2, -0.15) is 0 Å². The molecular weight excluding hydrogens is 446 g/mol. The molecule has 172 valence electrons. The van der Waals surface area contributed by atoms with Gasteiger partial charge in [-0.25, -0.2) is 9.78 Å². The number of aliphatic carboxylic acids is 1. The number of aromatic nitrogens is 2. The van der Waals surface area contributed by atoms with Crippen molar-refractivity contribution in [1.29, 1.82) is 0 Å². The highest BCUT2D eigenvalue weighted by Gasteiger charge is 2.23. The van der Waals surface area contributed by atoms with E-state index in [2.05, 4.69) is 23.7 Å². The first-order valence-electron chi connectivity index (χ1n) is 11.0. The van der Waals surface area contributed by atoms with Crippen molar-refractivity contribution >= 4 is 45.8 Å². The zero-order valence-corrected chi connectivity index (χ0v) is 20.5. The number of carbonyl (C=O) groups excluding carboxylic acids is 1. The lowest BCUT2D eigenvalue weighted by Gasteiger charge is -2.19. The summed E-state index contributed by atoms with van der Waals surface area (Å²) < 4.78 is 3.02. The lowest BCUT2D eigenvalue weighted by molar-refractivity contribution is -0.139. The predicted octanol–water partition coefficient (Wildman–Crippen LogP) is 5.93. The van der Waals surface area contributed by atoms with Crippen LogP contribution >= 0.6 is 22.9 Å². The van der Waals surface area contributed by atoms with Crippen LogP contribution in [-0.4, -0.2) is 32.6 Å². The molecule has 0 saturated carbocycles. The fourth-order valence-corrected chi connectivity index (χ4v) is 5.10. The first kappa shape index (κ1) is 24.3. The van der Waals surface area contributed by atoms with E-state index in [4.69, 9.17) is 16.6 Å². The molecule has 8 heteroatoms. The molecule has 0 bridgehead atoms. The highest BCUT2D eigenvalue weighted by atomic mass is 35.5. The number of halogens is 1. The van der Waals surface area contributed by atoms with Gasteiger partial charge in [-0.3, -0.25) is 4.79 Å². The lowest BCUT2D eigenvalue weighted by atomic mass is 10.0. The minimum Gasteiger partial charge on any atom is -0.480 e. The van der Waals surface area contributed by atoms with Crippen molar-refractivity contribution in [3.63, 3.8) is 0 Å². The number of nitrogens with zero attached hydrogens (tertiary/aromatic N) is 2. The van der Waals surface area contributed by atoms with Crippen LogP contribution in [-0.2, 0) is 11.2 Å². The van der Waals surface area contributed by atoms with Crippen LogP contribution in [0, 0.1) is 5.92 Å². The van der Waals surface area contributed by atoms with Crippen LogP contribution < -0.4 is 5.32 Å². The Labute approximate surface area is 197 Å². The number of amides is 1. The van der Waals surface area contributed by atoms with E-state index in [1.165, 1.54) is 0 Å². The van der Waals surface area contributed by atoms with E-state index < -0.39 is 17.9 Å². The van der Waals surface area contributed by atoms with Gasteiger partial charge in [-0.15, -0.1) is 11.3 Å². The van der Waals surface area contributed by atoms with E-state index in [1.54, 1.807) is 23.5 Å². The monoisotopic (exact) mass is 475 g/mol. The first-order chi connectivity index (χ1) is 15.2. The van der Waals surface area contributed by atoms with E-state index in [0.29, 0.717) is 24.4 Å². The Balaban J connectivity index is 1.96. The first-order valence-corrected chi connectivity index (χ1v) is 12.2. The van der Waals surface area contributed by atoms with Gasteiger partial charge in [-0.05, 0) is 55.5 Å². The minimum atomic E-state index is -1.02. The fraction of sp³-hybridized carbons (Fsp3) is 0.458. The van der Waals surface area contributed by atoms with Crippen molar-refractivity contribution in [2.24, 2.45) is 5.92 Å². The maximum atomic E-state index is 12.8. The summed E-state index contributed by atoms with van der Waals surface area (Å²) >= 11 is 7.66. The molecule has 0 aliphatic heterocycles. The van der Waals surface area contributed by atoms with Crippen molar-refractivity contribution in [3.05, 3.63) is 50.9 Å². The Bertz CT molecular complexity index is 1100. The summed E-state index contributed by atoms with van der Waals surface area (Å²) in [5, 5.41) is 12.1. The molecule has 3 aromatic rings. The van der Waals surface area contributed by atoms with Gasteiger partial charge in [0.15, 0.2) is 0 Å². The molecule has 0 spiro atoms. The van der Waals surface area contributed by atoms with Crippen LogP contribution in [0.2, 0.25) is 4.34 Å². The zero-order chi connectivity index (χ0) is 23.4. The van der Waals surface area contributed by atoms with Crippen LogP contribution in [0.4, 0.5) is 0 Å². The van der Waals surface area contributed by atoms with Gasteiger partial charge in [0, 0.05) is 22.9 Å². The van der Waals surface area contributed by atoms with Crippen molar-refractivity contribution in [3.8, 4) is 0 Å². The Morgan fingerprint density at radius 3 is 2.47 bits per heavy atom. The molecule has 0 fully saturated rings. The second-order valence-electron chi connectivity index (χ2n) is 8.45. The molecule has 0 radical (unpaired) electrons. The van der Waals surface area contributed by atoms with E-state index >= 15 is 0 Å². The molecule has 2 aromatic heterocycles. The number of rotatable bonds is 10. The Hall–Kier alpha value is -2.38. The molecule has 0 saturated heterocycles. The number of hydrogen-bond acceptors (Lipinski definition) is 4. The molecule has 0 aliphatic rings. The smallest absolute Gasteiger partial charge is 0.326 e. The van der Waals surface area contributed by atoms with Crippen LogP contribution in [0.5, 0.6) is 0 Å². The summed E-state index contributed by atoms with van der Waals surface area (Å²) in [6.07, 6.45) is 2.98. The van der Waals surface area contributed by atoms with Gasteiger partial charge in [0.1, 0.15) is 11.9 Å².